The Hall–Kier alpha value is -2.54. The average Bonchev–Trinajstić information content (AvgIpc) is 2.60. The number of carbonyl (C=O) groups is 2. The van der Waals surface area contributed by atoms with Gasteiger partial charge < -0.3 is 19.7 Å². The molecule has 1 amide bonds. The van der Waals surface area contributed by atoms with Crippen LogP contribution in [0.25, 0.3) is 0 Å². The van der Waals surface area contributed by atoms with E-state index >= 15 is 0 Å². The monoisotopic (exact) mass is 406 g/mol. The van der Waals surface area contributed by atoms with Crippen LogP contribution in [0.1, 0.15) is 10.4 Å². The van der Waals surface area contributed by atoms with Gasteiger partial charge in [0.25, 0.3) is 5.91 Å². The summed E-state index contributed by atoms with van der Waals surface area (Å²) in [6.07, 6.45) is 0. The van der Waals surface area contributed by atoms with Crippen molar-refractivity contribution in [3.05, 3.63) is 52.5 Å². The van der Waals surface area contributed by atoms with Gasteiger partial charge in [0, 0.05) is 29.9 Å². The third-order valence-electron chi connectivity index (χ3n) is 3.40. The zero-order valence-electron chi connectivity index (χ0n) is 14.2. The lowest BCUT2D eigenvalue weighted by Crippen LogP contribution is -2.21. The Bertz CT molecular complexity index is 760. The van der Waals surface area contributed by atoms with E-state index < -0.39 is 11.9 Å². The van der Waals surface area contributed by atoms with Gasteiger partial charge in [0.05, 0.1) is 12.7 Å². The van der Waals surface area contributed by atoms with Crippen molar-refractivity contribution in [3.63, 3.8) is 0 Å². The SMILES string of the molecule is COc1ccc(Br)c(C(=O)OCC(=O)Nc2ccc(N(C)C)cc2)c1. The van der Waals surface area contributed by atoms with Crippen molar-refractivity contribution in [1.29, 1.82) is 0 Å². The molecule has 0 fully saturated rings. The highest BCUT2D eigenvalue weighted by Crippen LogP contribution is 2.23. The summed E-state index contributed by atoms with van der Waals surface area (Å²) in [6, 6.07) is 12.3. The number of benzene rings is 2. The zero-order chi connectivity index (χ0) is 18.4. The van der Waals surface area contributed by atoms with Gasteiger partial charge in [-0.25, -0.2) is 4.79 Å². The molecule has 0 heterocycles. The number of nitrogens with zero attached hydrogens (tertiary/aromatic N) is 1. The van der Waals surface area contributed by atoms with Crippen molar-refractivity contribution in [1.82, 2.24) is 0 Å². The average molecular weight is 407 g/mol. The van der Waals surface area contributed by atoms with Crippen LogP contribution in [0.15, 0.2) is 46.9 Å². The van der Waals surface area contributed by atoms with Crippen LogP contribution in [0, 0.1) is 0 Å². The lowest BCUT2D eigenvalue weighted by Gasteiger charge is -2.13. The van der Waals surface area contributed by atoms with Crippen LogP contribution in [-0.2, 0) is 9.53 Å². The van der Waals surface area contributed by atoms with Crippen LogP contribution in [0.4, 0.5) is 11.4 Å². The molecule has 25 heavy (non-hydrogen) atoms. The lowest BCUT2D eigenvalue weighted by atomic mass is 10.2. The van der Waals surface area contributed by atoms with E-state index in [1.165, 1.54) is 7.11 Å². The molecule has 0 unspecified atom stereocenters. The van der Waals surface area contributed by atoms with Crippen molar-refractivity contribution < 1.29 is 19.1 Å². The first-order chi connectivity index (χ1) is 11.9. The summed E-state index contributed by atoms with van der Waals surface area (Å²) < 4.78 is 10.7. The van der Waals surface area contributed by atoms with E-state index in [1.807, 2.05) is 31.1 Å². The highest BCUT2D eigenvalue weighted by molar-refractivity contribution is 9.10. The molecule has 0 aliphatic carbocycles. The van der Waals surface area contributed by atoms with E-state index in [2.05, 4.69) is 21.2 Å². The first-order valence-electron chi connectivity index (χ1n) is 7.48. The fraction of sp³-hybridized carbons (Fsp3) is 0.222. The molecule has 0 aliphatic heterocycles. The lowest BCUT2D eigenvalue weighted by molar-refractivity contribution is -0.119. The zero-order valence-corrected chi connectivity index (χ0v) is 15.8. The van der Waals surface area contributed by atoms with Gasteiger partial charge >= 0.3 is 5.97 Å². The summed E-state index contributed by atoms with van der Waals surface area (Å²) in [5, 5.41) is 2.68. The molecule has 0 radical (unpaired) electrons. The van der Waals surface area contributed by atoms with Gasteiger partial charge in [-0.15, -0.1) is 0 Å². The van der Waals surface area contributed by atoms with Gasteiger partial charge in [-0.3, -0.25) is 4.79 Å². The first-order valence-corrected chi connectivity index (χ1v) is 8.28. The van der Waals surface area contributed by atoms with Gasteiger partial charge in [0.15, 0.2) is 6.61 Å². The third kappa shape index (κ3) is 5.22. The number of rotatable bonds is 6. The molecule has 0 saturated carbocycles. The van der Waals surface area contributed by atoms with E-state index in [0.717, 1.165) is 5.69 Å². The highest BCUT2D eigenvalue weighted by atomic mass is 79.9. The molecule has 7 heteroatoms. The number of carbonyl (C=O) groups excluding carboxylic acids is 2. The molecule has 0 aliphatic rings. The largest absolute Gasteiger partial charge is 0.497 e. The molecular weight excluding hydrogens is 388 g/mol. The van der Waals surface area contributed by atoms with Gasteiger partial charge in [0.1, 0.15) is 5.75 Å². The maximum atomic E-state index is 12.1. The number of anilines is 2. The Balaban J connectivity index is 1.92. The molecule has 2 rings (SSSR count). The highest BCUT2D eigenvalue weighted by Gasteiger charge is 2.15. The molecule has 0 saturated heterocycles. The Labute approximate surface area is 154 Å². The summed E-state index contributed by atoms with van der Waals surface area (Å²) in [7, 11) is 5.38. The van der Waals surface area contributed by atoms with E-state index in [0.29, 0.717) is 21.5 Å². The van der Waals surface area contributed by atoms with Crippen molar-refractivity contribution in [2.45, 2.75) is 0 Å². The maximum Gasteiger partial charge on any atom is 0.339 e. The minimum Gasteiger partial charge on any atom is -0.497 e. The standard InChI is InChI=1S/C18H19BrN2O4/c1-21(2)13-6-4-12(5-7-13)20-17(22)11-25-18(23)15-10-14(24-3)8-9-16(15)19/h4-10H,11H2,1-3H3,(H,20,22). The molecule has 132 valence electrons. The molecule has 2 aromatic carbocycles. The van der Waals surface area contributed by atoms with Crippen molar-refractivity contribution in [3.8, 4) is 5.75 Å². The molecule has 0 bridgehead atoms. The normalized spacial score (nSPS) is 10.1. The third-order valence-corrected chi connectivity index (χ3v) is 4.09. The number of ether oxygens (including phenoxy) is 2. The molecule has 2 aromatic rings. The Kier molecular flexibility index (Phi) is 6.41. The van der Waals surface area contributed by atoms with Crippen molar-refractivity contribution in [2.24, 2.45) is 0 Å². The first kappa shape index (κ1) is 18.8. The molecule has 6 nitrogen and oxygen atoms in total. The van der Waals surface area contributed by atoms with E-state index in [1.54, 1.807) is 30.3 Å². The van der Waals surface area contributed by atoms with Crippen LogP contribution < -0.4 is 15.0 Å². The van der Waals surface area contributed by atoms with Crippen LogP contribution >= 0.6 is 15.9 Å². The summed E-state index contributed by atoms with van der Waals surface area (Å²) in [4.78, 5) is 26.0. The van der Waals surface area contributed by atoms with Gasteiger partial charge in [-0.2, -0.15) is 0 Å². The minimum atomic E-state index is -0.608. The summed E-state index contributed by atoms with van der Waals surface area (Å²) in [5.41, 5.74) is 1.95. The fourth-order valence-electron chi connectivity index (χ4n) is 2.04. The molecule has 0 atom stereocenters. The van der Waals surface area contributed by atoms with Crippen LogP contribution in [0.2, 0.25) is 0 Å². The van der Waals surface area contributed by atoms with Crippen LogP contribution in [0.5, 0.6) is 5.75 Å². The smallest absolute Gasteiger partial charge is 0.339 e. The van der Waals surface area contributed by atoms with Crippen LogP contribution in [-0.4, -0.2) is 39.7 Å². The molecule has 1 N–H and O–H groups in total. The predicted octanol–water partition coefficient (Wildman–Crippen LogP) is 3.32. The van der Waals surface area contributed by atoms with Crippen molar-refractivity contribution >= 4 is 39.2 Å². The minimum absolute atomic E-state index is 0.294. The topological polar surface area (TPSA) is 67.9 Å². The molecule has 0 aromatic heterocycles. The number of methoxy groups -OCH3 is 1. The second kappa shape index (κ2) is 8.53. The number of esters is 1. The van der Waals surface area contributed by atoms with Gasteiger partial charge in [0.2, 0.25) is 0 Å². The number of nitrogens with one attached hydrogen (secondary N) is 1. The Morgan fingerprint density at radius 1 is 1.12 bits per heavy atom. The molecular formula is C18H19BrN2O4. The van der Waals surface area contributed by atoms with Gasteiger partial charge in [-0.1, -0.05) is 0 Å². The number of halogens is 1. The summed E-state index contributed by atoms with van der Waals surface area (Å²) >= 11 is 3.28. The quantitative estimate of drug-likeness (QED) is 0.745. The number of hydrogen-bond acceptors (Lipinski definition) is 5. The summed E-state index contributed by atoms with van der Waals surface area (Å²) in [5.74, 6) is -0.491. The van der Waals surface area contributed by atoms with E-state index in [9.17, 15) is 9.59 Å². The van der Waals surface area contributed by atoms with Crippen molar-refractivity contribution in [2.75, 3.05) is 38.0 Å². The number of amides is 1. The molecule has 0 spiro atoms. The Morgan fingerprint density at radius 2 is 1.80 bits per heavy atom. The summed E-state index contributed by atoms with van der Waals surface area (Å²) in [6.45, 7) is -0.377. The predicted molar refractivity (Wildman–Crippen MR) is 100 cm³/mol. The van der Waals surface area contributed by atoms with E-state index in [4.69, 9.17) is 9.47 Å². The second-order valence-corrected chi connectivity index (χ2v) is 6.27. The van der Waals surface area contributed by atoms with E-state index in [-0.39, 0.29) is 6.61 Å². The Morgan fingerprint density at radius 3 is 2.40 bits per heavy atom. The fourth-order valence-corrected chi connectivity index (χ4v) is 2.45. The maximum absolute atomic E-state index is 12.1. The second-order valence-electron chi connectivity index (χ2n) is 5.41. The van der Waals surface area contributed by atoms with Crippen LogP contribution in [0.3, 0.4) is 0 Å². The number of hydrogen-bond donors (Lipinski definition) is 1. The van der Waals surface area contributed by atoms with Gasteiger partial charge in [-0.05, 0) is 58.4 Å².